The lowest BCUT2D eigenvalue weighted by Gasteiger charge is -2.57. The number of rotatable bonds is 6. The topological polar surface area (TPSA) is 24.9 Å². The van der Waals surface area contributed by atoms with E-state index < -0.39 is 0 Å². The van der Waals surface area contributed by atoms with Crippen LogP contribution in [-0.4, -0.2) is 17.6 Å². The highest BCUT2D eigenvalue weighted by Gasteiger charge is 2.51. The van der Waals surface area contributed by atoms with Crippen molar-refractivity contribution < 1.29 is 0 Å². The van der Waals surface area contributed by atoms with Gasteiger partial charge in [0.25, 0.3) is 0 Å². The zero-order valence-electron chi connectivity index (χ0n) is 13.2. The molecule has 0 radical (unpaired) electrons. The molecule has 21 heavy (non-hydrogen) atoms. The van der Waals surface area contributed by atoms with Gasteiger partial charge in [0.15, 0.2) is 0 Å². The molecule has 0 aromatic carbocycles. The molecule has 3 heteroatoms. The van der Waals surface area contributed by atoms with Gasteiger partial charge in [0.05, 0.1) is 5.51 Å². The molecule has 1 aromatic rings. The van der Waals surface area contributed by atoms with Crippen LogP contribution in [0.3, 0.4) is 0 Å². The first-order valence-corrected chi connectivity index (χ1v) is 9.73. The number of nitrogens with zero attached hydrogens (tertiary/aromatic N) is 1. The smallest absolute Gasteiger partial charge is 0.0794 e. The van der Waals surface area contributed by atoms with Gasteiger partial charge in [-0.15, -0.1) is 11.3 Å². The van der Waals surface area contributed by atoms with E-state index in [4.69, 9.17) is 0 Å². The van der Waals surface area contributed by atoms with Crippen LogP contribution in [0.1, 0.15) is 56.7 Å². The molecule has 0 saturated heterocycles. The fraction of sp³-hybridized carbons (Fsp3) is 0.833. The fourth-order valence-corrected chi connectivity index (χ4v) is 6.83. The minimum atomic E-state index is 0.659. The molecule has 1 unspecified atom stereocenters. The minimum Gasteiger partial charge on any atom is -0.314 e. The van der Waals surface area contributed by atoms with Crippen LogP contribution in [0.25, 0.3) is 0 Å². The summed E-state index contributed by atoms with van der Waals surface area (Å²) in [5.74, 6) is 3.21. The summed E-state index contributed by atoms with van der Waals surface area (Å²) in [5.41, 5.74) is 2.66. The molecule has 1 aromatic heterocycles. The standard InChI is InChI=1S/C18H28N2S/c1-2-20-16(6-17-11-19-12-21-17)10-18-7-13-3-14(8-18)5-15(4-13)9-18/h11-16,20H,2-10H2,1H3. The Balaban J connectivity index is 1.47. The lowest BCUT2D eigenvalue weighted by molar-refractivity contribution is -0.0618. The van der Waals surface area contributed by atoms with E-state index in [1.165, 1.54) is 37.0 Å². The van der Waals surface area contributed by atoms with Gasteiger partial charge in [0.1, 0.15) is 0 Å². The molecule has 4 fully saturated rings. The van der Waals surface area contributed by atoms with E-state index in [1.807, 2.05) is 16.8 Å². The minimum absolute atomic E-state index is 0.659. The van der Waals surface area contributed by atoms with E-state index >= 15 is 0 Å². The predicted octanol–water partition coefficient (Wildman–Crippen LogP) is 4.27. The maximum atomic E-state index is 4.25. The Labute approximate surface area is 132 Å². The molecule has 1 atom stereocenters. The van der Waals surface area contributed by atoms with Gasteiger partial charge in [-0.1, -0.05) is 6.92 Å². The largest absolute Gasteiger partial charge is 0.314 e. The van der Waals surface area contributed by atoms with Gasteiger partial charge in [-0.25, -0.2) is 0 Å². The second-order valence-corrected chi connectivity index (χ2v) is 9.02. The van der Waals surface area contributed by atoms with E-state index in [2.05, 4.69) is 23.4 Å². The quantitative estimate of drug-likeness (QED) is 0.849. The number of hydrogen-bond donors (Lipinski definition) is 1. The lowest BCUT2D eigenvalue weighted by Crippen LogP contribution is -2.49. The average molecular weight is 305 g/mol. The van der Waals surface area contributed by atoms with Crippen molar-refractivity contribution in [3.05, 3.63) is 16.6 Å². The summed E-state index contributed by atoms with van der Waals surface area (Å²) in [4.78, 5) is 5.70. The van der Waals surface area contributed by atoms with Crippen LogP contribution >= 0.6 is 11.3 Å². The molecule has 4 bridgehead atoms. The second-order valence-electron chi connectivity index (χ2n) is 8.05. The molecule has 4 saturated carbocycles. The van der Waals surface area contributed by atoms with Gasteiger partial charge in [-0.2, -0.15) is 0 Å². The van der Waals surface area contributed by atoms with Crippen LogP contribution in [0.5, 0.6) is 0 Å². The monoisotopic (exact) mass is 304 g/mol. The molecular weight excluding hydrogens is 276 g/mol. The van der Waals surface area contributed by atoms with Gasteiger partial charge in [-0.3, -0.25) is 4.98 Å². The van der Waals surface area contributed by atoms with E-state index in [0.29, 0.717) is 11.5 Å². The first kappa shape index (κ1) is 14.2. The summed E-state index contributed by atoms with van der Waals surface area (Å²) in [6.07, 6.45) is 13.9. The molecule has 1 heterocycles. The summed E-state index contributed by atoms with van der Waals surface area (Å²) in [6.45, 7) is 3.34. The predicted molar refractivity (Wildman–Crippen MR) is 88.5 cm³/mol. The zero-order valence-corrected chi connectivity index (χ0v) is 14.0. The van der Waals surface area contributed by atoms with Gasteiger partial charge < -0.3 is 5.32 Å². The van der Waals surface area contributed by atoms with E-state index in [0.717, 1.165) is 24.3 Å². The third-order valence-corrected chi connectivity index (χ3v) is 7.07. The molecule has 4 aliphatic rings. The van der Waals surface area contributed by atoms with Crippen LogP contribution in [0.4, 0.5) is 0 Å². The third kappa shape index (κ3) is 2.92. The van der Waals surface area contributed by atoms with Crippen molar-refractivity contribution in [1.82, 2.24) is 10.3 Å². The first-order chi connectivity index (χ1) is 10.2. The lowest BCUT2D eigenvalue weighted by atomic mass is 9.48. The summed E-state index contributed by atoms with van der Waals surface area (Å²) in [6, 6.07) is 0.659. The molecule has 5 rings (SSSR count). The highest BCUT2D eigenvalue weighted by molar-refractivity contribution is 7.09. The van der Waals surface area contributed by atoms with Crippen LogP contribution in [0.15, 0.2) is 11.7 Å². The summed E-state index contributed by atoms with van der Waals surface area (Å²) in [5, 5.41) is 3.77. The molecule has 0 aliphatic heterocycles. The Morgan fingerprint density at radius 1 is 1.24 bits per heavy atom. The van der Waals surface area contributed by atoms with E-state index in [9.17, 15) is 0 Å². The van der Waals surface area contributed by atoms with Crippen molar-refractivity contribution >= 4 is 11.3 Å². The van der Waals surface area contributed by atoms with E-state index in [1.54, 1.807) is 19.3 Å². The highest BCUT2D eigenvalue weighted by Crippen LogP contribution is 2.61. The van der Waals surface area contributed by atoms with Gasteiger partial charge in [0.2, 0.25) is 0 Å². The average Bonchev–Trinajstić information content (AvgIpc) is 2.89. The van der Waals surface area contributed by atoms with Crippen molar-refractivity contribution in [2.45, 2.75) is 64.3 Å². The number of thiazole rings is 1. The number of aromatic nitrogens is 1. The molecule has 4 aliphatic carbocycles. The fourth-order valence-electron chi connectivity index (χ4n) is 6.15. The summed E-state index contributed by atoms with van der Waals surface area (Å²) < 4.78 is 0. The Morgan fingerprint density at radius 2 is 1.90 bits per heavy atom. The summed E-state index contributed by atoms with van der Waals surface area (Å²) in [7, 11) is 0. The normalized spacial score (nSPS) is 38.8. The van der Waals surface area contributed by atoms with Gasteiger partial charge in [-0.05, 0) is 81.1 Å². The maximum absolute atomic E-state index is 4.25. The Bertz CT molecular complexity index is 432. The number of nitrogens with one attached hydrogen (secondary N) is 1. The van der Waals surface area contributed by atoms with E-state index in [-0.39, 0.29) is 0 Å². The molecule has 116 valence electrons. The molecule has 0 amide bonds. The van der Waals surface area contributed by atoms with Crippen LogP contribution < -0.4 is 5.32 Å². The second kappa shape index (κ2) is 5.66. The summed E-state index contributed by atoms with van der Waals surface area (Å²) >= 11 is 1.82. The molecule has 0 spiro atoms. The molecule has 2 nitrogen and oxygen atoms in total. The van der Waals surface area contributed by atoms with Crippen molar-refractivity contribution in [3.8, 4) is 0 Å². The van der Waals surface area contributed by atoms with Gasteiger partial charge in [0, 0.05) is 17.1 Å². The zero-order chi connectivity index (χ0) is 14.3. The highest BCUT2D eigenvalue weighted by atomic mass is 32.1. The van der Waals surface area contributed by atoms with Crippen LogP contribution in [0.2, 0.25) is 0 Å². The Hall–Kier alpha value is -0.410. The SMILES string of the molecule is CCNC(Cc1cncs1)CC12CC3CC(CC(C3)C1)C2. The maximum Gasteiger partial charge on any atom is 0.0794 e. The first-order valence-electron chi connectivity index (χ1n) is 8.85. The number of likely N-dealkylation sites (N-methyl/N-ethyl adjacent to an activating group) is 1. The van der Waals surface area contributed by atoms with Crippen LogP contribution in [0, 0.1) is 23.2 Å². The van der Waals surface area contributed by atoms with Crippen LogP contribution in [-0.2, 0) is 6.42 Å². The Kier molecular flexibility index (Phi) is 3.83. The van der Waals surface area contributed by atoms with Crippen molar-refractivity contribution in [2.24, 2.45) is 23.2 Å². The molecule has 1 N–H and O–H groups in total. The Morgan fingerprint density at radius 3 is 2.43 bits per heavy atom. The third-order valence-electron chi connectivity index (χ3n) is 6.27. The van der Waals surface area contributed by atoms with Crippen molar-refractivity contribution in [3.63, 3.8) is 0 Å². The van der Waals surface area contributed by atoms with Crippen molar-refractivity contribution in [2.75, 3.05) is 6.54 Å². The molecular formula is C18H28N2S. The van der Waals surface area contributed by atoms with Gasteiger partial charge >= 0.3 is 0 Å². The van der Waals surface area contributed by atoms with Crippen molar-refractivity contribution in [1.29, 1.82) is 0 Å². The number of hydrogen-bond acceptors (Lipinski definition) is 3.